The minimum Gasteiger partial charge on any atom is -0.377 e. The number of likely N-dealkylation sites (N-methyl/N-ethyl adjacent to an activating group) is 1. The highest BCUT2D eigenvalue weighted by Crippen LogP contribution is 2.35. The van der Waals surface area contributed by atoms with Crippen LogP contribution < -0.4 is 4.90 Å². The molecule has 0 unspecified atom stereocenters. The van der Waals surface area contributed by atoms with E-state index in [2.05, 4.69) is 72.7 Å². The molecule has 0 N–H and O–H groups in total. The van der Waals surface area contributed by atoms with Gasteiger partial charge in [0.05, 0.1) is 0 Å². The van der Waals surface area contributed by atoms with Gasteiger partial charge in [-0.3, -0.25) is 9.78 Å². The summed E-state index contributed by atoms with van der Waals surface area (Å²) in [4.78, 5) is 20.0. The van der Waals surface area contributed by atoms with Crippen LogP contribution in [-0.4, -0.2) is 36.3 Å². The van der Waals surface area contributed by atoms with E-state index in [9.17, 15) is 4.79 Å². The number of nitrogens with zero attached hydrogens (tertiary/aromatic N) is 3. The Bertz CT molecular complexity index is 1000. The van der Waals surface area contributed by atoms with E-state index in [0.29, 0.717) is 11.6 Å². The summed E-state index contributed by atoms with van der Waals surface area (Å²) in [6.07, 6.45) is 9.47. The quantitative estimate of drug-likeness (QED) is 0.393. The molecular formula is C25H29N3O. The standard InChI is InChI=1S/C25H29N3O/c1-17(2)27(5)15-24(9-18(3)16-29)23-12-22(13-26-14-23)20-7-8-25-21(11-20)10-19(4)28(25)6/h7-9,11-17H,4,10H2,1-3,5-6H3/b18-9-,24-15+. The number of benzene rings is 1. The lowest BCUT2D eigenvalue weighted by molar-refractivity contribution is -0.104. The summed E-state index contributed by atoms with van der Waals surface area (Å²) in [5.41, 5.74) is 8.43. The predicted octanol–water partition coefficient (Wildman–Crippen LogP) is 5.08. The van der Waals surface area contributed by atoms with Gasteiger partial charge in [0.2, 0.25) is 0 Å². The van der Waals surface area contributed by atoms with Gasteiger partial charge in [0.1, 0.15) is 6.29 Å². The van der Waals surface area contributed by atoms with Crippen LogP contribution in [0.1, 0.15) is 31.9 Å². The summed E-state index contributed by atoms with van der Waals surface area (Å²) < 4.78 is 0. The number of carbonyl (C=O) groups excluding carboxylic acids is 1. The molecule has 150 valence electrons. The molecule has 0 aliphatic carbocycles. The molecule has 0 spiro atoms. The summed E-state index contributed by atoms with van der Waals surface area (Å²) in [6.45, 7) is 10.2. The number of allylic oxidation sites excluding steroid dienone is 4. The Morgan fingerprint density at radius 1 is 1.24 bits per heavy atom. The number of fused-ring (bicyclic) bond motifs is 1. The van der Waals surface area contributed by atoms with Crippen molar-refractivity contribution in [2.75, 3.05) is 19.0 Å². The summed E-state index contributed by atoms with van der Waals surface area (Å²) in [5.74, 6) is 0. The van der Waals surface area contributed by atoms with Crippen molar-refractivity contribution in [3.8, 4) is 11.1 Å². The summed E-state index contributed by atoms with van der Waals surface area (Å²) in [5, 5.41) is 0. The van der Waals surface area contributed by atoms with Crippen LogP contribution in [0, 0.1) is 0 Å². The van der Waals surface area contributed by atoms with Gasteiger partial charge in [0.25, 0.3) is 0 Å². The van der Waals surface area contributed by atoms with Crippen molar-refractivity contribution in [2.24, 2.45) is 0 Å². The van der Waals surface area contributed by atoms with Crippen LogP contribution in [0.2, 0.25) is 0 Å². The van der Waals surface area contributed by atoms with Gasteiger partial charge >= 0.3 is 0 Å². The fourth-order valence-electron chi connectivity index (χ4n) is 3.34. The molecule has 2 aromatic rings. The van der Waals surface area contributed by atoms with Crippen molar-refractivity contribution in [1.82, 2.24) is 9.88 Å². The van der Waals surface area contributed by atoms with Crippen LogP contribution in [0.15, 0.2) is 66.8 Å². The monoisotopic (exact) mass is 387 g/mol. The van der Waals surface area contributed by atoms with Gasteiger partial charge in [0, 0.05) is 67.7 Å². The van der Waals surface area contributed by atoms with Gasteiger partial charge in [-0.25, -0.2) is 0 Å². The third-order valence-electron chi connectivity index (χ3n) is 5.44. The zero-order valence-electron chi connectivity index (χ0n) is 17.9. The lowest BCUT2D eigenvalue weighted by atomic mass is 9.99. The lowest BCUT2D eigenvalue weighted by Gasteiger charge is -2.20. The third-order valence-corrected chi connectivity index (χ3v) is 5.44. The van der Waals surface area contributed by atoms with Crippen molar-refractivity contribution in [3.63, 3.8) is 0 Å². The molecule has 1 aromatic carbocycles. The van der Waals surface area contributed by atoms with Gasteiger partial charge in [-0.15, -0.1) is 0 Å². The Balaban J connectivity index is 2.02. The second kappa shape index (κ2) is 8.48. The number of rotatable bonds is 6. The van der Waals surface area contributed by atoms with Gasteiger partial charge in [-0.2, -0.15) is 0 Å². The Kier molecular flexibility index (Phi) is 6.02. The van der Waals surface area contributed by atoms with Crippen molar-refractivity contribution in [1.29, 1.82) is 0 Å². The van der Waals surface area contributed by atoms with Crippen molar-refractivity contribution in [3.05, 3.63) is 77.9 Å². The summed E-state index contributed by atoms with van der Waals surface area (Å²) in [7, 11) is 4.09. The Morgan fingerprint density at radius 2 is 2.00 bits per heavy atom. The molecule has 3 rings (SSSR count). The first-order chi connectivity index (χ1) is 13.8. The molecule has 0 radical (unpaired) electrons. The van der Waals surface area contributed by atoms with Crippen LogP contribution in [0.3, 0.4) is 0 Å². The molecule has 0 fully saturated rings. The highest BCUT2D eigenvalue weighted by molar-refractivity contribution is 5.84. The van der Waals surface area contributed by atoms with E-state index in [1.807, 2.05) is 32.4 Å². The zero-order valence-corrected chi connectivity index (χ0v) is 17.9. The number of hydrogen-bond acceptors (Lipinski definition) is 4. The van der Waals surface area contributed by atoms with Gasteiger partial charge in [0.15, 0.2) is 0 Å². The molecule has 0 saturated carbocycles. The van der Waals surface area contributed by atoms with Crippen LogP contribution >= 0.6 is 0 Å². The van der Waals surface area contributed by atoms with Crippen LogP contribution in [-0.2, 0) is 11.2 Å². The number of pyridine rings is 1. The second-order valence-electron chi connectivity index (χ2n) is 7.96. The molecule has 1 aliphatic heterocycles. The molecule has 29 heavy (non-hydrogen) atoms. The molecule has 4 heteroatoms. The molecule has 1 aliphatic rings. The molecule has 4 nitrogen and oxygen atoms in total. The van der Waals surface area contributed by atoms with Crippen LogP contribution in [0.4, 0.5) is 5.69 Å². The van der Waals surface area contributed by atoms with E-state index in [-0.39, 0.29) is 0 Å². The molecule has 2 heterocycles. The zero-order chi connectivity index (χ0) is 21.1. The number of aromatic nitrogens is 1. The van der Waals surface area contributed by atoms with Gasteiger partial charge < -0.3 is 9.80 Å². The first-order valence-corrected chi connectivity index (χ1v) is 9.87. The summed E-state index contributed by atoms with van der Waals surface area (Å²) >= 11 is 0. The lowest BCUT2D eigenvalue weighted by Crippen LogP contribution is -2.20. The molecule has 0 bridgehead atoms. The van der Waals surface area contributed by atoms with Gasteiger partial charge in [-0.1, -0.05) is 12.6 Å². The molecular weight excluding hydrogens is 358 g/mol. The van der Waals surface area contributed by atoms with Crippen molar-refractivity contribution in [2.45, 2.75) is 33.2 Å². The van der Waals surface area contributed by atoms with E-state index in [0.717, 1.165) is 40.7 Å². The number of aldehydes is 1. The number of anilines is 1. The average molecular weight is 388 g/mol. The maximum atomic E-state index is 11.2. The van der Waals surface area contributed by atoms with Gasteiger partial charge in [-0.05, 0) is 67.3 Å². The topological polar surface area (TPSA) is 36.4 Å². The minimum absolute atomic E-state index is 0.355. The highest BCUT2D eigenvalue weighted by Gasteiger charge is 2.19. The molecule has 1 aromatic heterocycles. The Labute approximate surface area is 173 Å². The normalized spacial score (nSPS) is 14.4. The smallest absolute Gasteiger partial charge is 0.145 e. The third kappa shape index (κ3) is 4.48. The van der Waals surface area contributed by atoms with E-state index >= 15 is 0 Å². The fourth-order valence-corrected chi connectivity index (χ4v) is 3.34. The maximum absolute atomic E-state index is 11.2. The first-order valence-electron chi connectivity index (χ1n) is 9.87. The Hall–Kier alpha value is -3.14. The van der Waals surface area contributed by atoms with Crippen molar-refractivity contribution < 1.29 is 4.79 Å². The van der Waals surface area contributed by atoms with E-state index < -0.39 is 0 Å². The fraction of sp³-hybridized carbons (Fsp3) is 0.280. The summed E-state index contributed by atoms with van der Waals surface area (Å²) in [6, 6.07) is 8.99. The second-order valence-corrected chi connectivity index (χ2v) is 7.96. The number of hydrogen-bond donors (Lipinski definition) is 0. The first kappa shape index (κ1) is 20.6. The molecule has 0 saturated heterocycles. The maximum Gasteiger partial charge on any atom is 0.145 e. The van der Waals surface area contributed by atoms with E-state index in [4.69, 9.17) is 0 Å². The van der Waals surface area contributed by atoms with E-state index in [1.165, 1.54) is 11.3 Å². The van der Waals surface area contributed by atoms with Crippen LogP contribution in [0.5, 0.6) is 0 Å². The average Bonchev–Trinajstić information content (AvgIpc) is 3.00. The molecule has 0 atom stereocenters. The predicted molar refractivity (Wildman–Crippen MR) is 122 cm³/mol. The van der Waals surface area contributed by atoms with Crippen LogP contribution in [0.25, 0.3) is 16.7 Å². The Morgan fingerprint density at radius 3 is 2.69 bits per heavy atom. The largest absolute Gasteiger partial charge is 0.377 e. The number of carbonyl (C=O) groups is 1. The van der Waals surface area contributed by atoms with Crippen molar-refractivity contribution >= 4 is 17.5 Å². The minimum atomic E-state index is 0.355. The SMILES string of the molecule is C=C1Cc2cc(-c3cncc(C(/C=C(/C)C=O)=C/N(C)C(C)C)c3)ccc2N1C. The van der Waals surface area contributed by atoms with E-state index in [1.54, 1.807) is 0 Å². The highest BCUT2D eigenvalue weighted by atomic mass is 16.1. The molecule has 0 amide bonds.